The van der Waals surface area contributed by atoms with E-state index in [1.807, 2.05) is 66.2 Å². The monoisotopic (exact) mass is 330 g/mol. The number of aromatic carboxylic acids is 1. The van der Waals surface area contributed by atoms with E-state index < -0.39 is 5.97 Å². The number of rotatable bonds is 2. The Labute approximate surface area is 144 Å². The van der Waals surface area contributed by atoms with E-state index in [1.54, 1.807) is 12.1 Å². The fourth-order valence-corrected chi connectivity index (χ4v) is 3.34. The number of hydrogen-bond donors (Lipinski definition) is 2. The summed E-state index contributed by atoms with van der Waals surface area (Å²) in [5.41, 5.74) is 3.88. The molecule has 0 radical (unpaired) electrons. The largest absolute Gasteiger partial charge is 0.508 e. The van der Waals surface area contributed by atoms with Crippen molar-refractivity contribution in [2.75, 3.05) is 0 Å². The summed E-state index contributed by atoms with van der Waals surface area (Å²) in [6, 6.07) is 20.2. The van der Waals surface area contributed by atoms with Crippen LogP contribution in [0.4, 0.5) is 0 Å². The molecule has 0 saturated heterocycles. The minimum absolute atomic E-state index is 0.202. The third-order valence-corrected chi connectivity index (χ3v) is 4.58. The minimum atomic E-state index is -0.940. The molecule has 3 aromatic carbocycles. The minimum Gasteiger partial charge on any atom is -0.508 e. The Kier molecular flexibility index (Phi) is 3.39. The van der Waals surface area contributed by atoms with Gasteiger partial charge < -0.3 is 10.2 Å². The molecule has 2 N–H and O–H groups in total. The molecule has 25 heavy (non-hydrogen) atoms. The van der Waals surface area contributed by atoms with Crippen LogP contribution in [-0.2, 0) is 7.05 Å². The highest BCUT2D eigenvalue weighted by molar-refractivity contribution is 6.12. The fraction of sp³-hybridized carbons (Fsp3) is 0.0476. The molecule has 0 fully saturated rings. The third-order valence-electron chi connectivity index (χ3n) is 4.58. The van der Waals surface area contributed by atoms with Crippen LogP contribution in [-0.4, -0.2) is 16.2 Å². The number of hydrogen-bond acceptors (Lipinski definition) is 2. The number of carbonyl (C=O) groups is 1. The molecule has 0 saturated carbocycles. The van der Waals surface area contributed by atoms with Crippen LogP contribution in [0.3, 0.4) is 0 Å². The molecule has 0 bridgehead atoms. The van der Waals surface area contributed by atoms with Gasteiger partial charge in [-0.2, -0.15) is 4.57 Å². The molecular formula is C21H16NO3+. The van der Waals surface area contributed by atoms with Crippen molar-refractivity contribution in [2.24, 2.45) is 7.05 Å². The van der Waals surface area contributed by atoms with E-state index in [2.05, 4.69) is 0 Å². The number of aromatic nitrogens is 1. The lowest BCUT2D eigenvalue weighted by atomic mass is 9.97. The van der Waals surface area contributed by atoms with E-state index >= 15 is 0 Å². The number of fused-ring (bicyclic) bond motifs is 2. The van der Waals surface area contributed by atoms with Crippen LogP contribution in [0.25, 0.3) is 32.9 Å². The van der Waals surface area contributed by atoms with Crippen molar-refractivity contribution in [1.29, 1.82) is 0 Å². The SMILES string of the molecule is C[n+]1c2ccccc2c(C(=O)O)c2cc(-c3ccc(O)cc3)ccc21. The zero-order valence-electron chi connectivity index (χ0n) is 13.6. The van der Waals surface area contributed by atoms with Crippen molar-refractivity contribution in [3.63, 3.8) is 0 Å². The number of para-hydroxylation sites is 1. The topological polar surface area (TPSA) is 61.4 Å². The molecule has 4 heteroatoms. The Balaban J connectivity index is 2.10. The number of phenols is 1. The van der Waals surface area contributed by atoms with Crippen molar-refractivity contribution >= 4 is 27.8 Å². The molecule has 122 valence electrons. The fourth-order valence-electron chi connectivity index (χ4n) is 3.34. The van der Waals surface area contributed by atoms with E-state index in [4.69, 9.17) is 0 Å². The molecule has 0 amide bonds. The summed E-state index contributed by atoms with van der Waals surface area (Å²) in [6.45, 7) is 0. The van der Waals surface area contributed by atoms with E-state index in [0.717, 1.165) is 22.2 Å². The predicted octanol–water partition coefficient (Wildman–Crippen LogP) is 3.89. The van der Waals surface area contributed by atoms with Crippen molar-refractivity contribution in [3.8, 4) is 16.9 Å². The lowest BCUT2D eigenvalue weighted by molar-refractivity contribution is -0.617. The van der Waals surface area contributed by atoms with E-state index in [0.29, 0.717) is 16.3 Å². The first-order valence-electron chi connectivity index (χ1n) is 7.93. The Morgan fingerprint density at radius 1 is 0.840 bits per heavy atom. The number of carboxylic acids is 1. The Morgan fingerprint density at radius 2 is 1.48 bits per heavy atom. The molecule has 0 unspecified atom stereocenters. The highest BCUT2D eigenvalue weighted by Gasteiger charge is 2.22. The van der Waals surface area contributed by atoms with E-state index in [9.17, 15) is 15.0 Å². The lowest BCUT2D eigenvalue weighted by Crippen LogP contribution is -2.31. The van der Waals surface area contributed by atoms with Crippen LogP contribution < -0.4 is 4.57 Å². The third kappa shape index (κ3) is 2.39. The van der Waals surface area contributed by atoms with Gasteiger partial charge in [-0.25, -0.2) is 4.79 Å². The molecule has 1 heterocycles. The van der Waals surface area contributed by atoms with E-state index in [1.165, 1.54) is 0 Å². The van der Waals surface area contributed by atoms with Crippen molar-refractivity contribution < 1.29 is 19.6 Å². The van der Waals surface area contributed by atoms with Gasteiger partial charge in [0.05, 0.1) is 16.3 Å². The molecule has 1 aromatic heterocycles. The Bertz CT molecular complexity index is 1130. The number of phenolic OH excluding ortho intramolecular Hbond substituents is 1. The molecule has 4 aromatic rings. The molecule has 0 spiro atoms. The maximum absolute atomic E-state index is 12.0. The van der Waals surface area contributed by atoms with Crippen LogP contribution in [0.1, 0.15) is 10.4 Å². The number of aromatic hydroxyl groups is 1. The van der Waals surface area contributed by atoms with Gasteiger partial charge in [-0.3, -0.25) is 0 Å². The number of aryl methyl sites for hydroxylation is 1. The quantitative estimate of drug-likeness (QED) is 0.433. The second-order valence-corrected chi connectivity index (χ2v) is 6.04. The zero-order valence-corrected chi connectivity index (χ0v) is 13.6. The first-order valence-corrected chi connectivity index (χ1v) is 7.93. The molecule has 0 aliphatic carbocycles. The Hall–Kier alpha value is -3.40. The van der Waals surface area contributed by atoms with Crippen LogP contribution in [0.2, 0.25) is 0 Å². The summed E-state index contributed by atoms with van der Waals surface area (Å²) in [5.74, 6) is -0.738. The lowest BCUT2D eigenvalue weighted by Gasteiger charge is -2.09. The van der Waals surface area contributed by atoms with Gasteiger partial charge in [-0.15, -0.1) is 0 Å². The first kappa shape index (κ1) is 15.1. The van der Waals surface area contributed by atoms with Crippen LogP contribution in [0.15, 0.2) is 66.7 Å². The van der Waals surface area contributed by atoms with Gasteiger partial charge in [0, 0.05) is 12.1 Å². The second kappa shape index (κ2) is 5.60. The summed E-state index contributed by atoms with van der Waals surface area (Å²) in [5, 5.41) is 20.7. The summed E-state index contributed by atoms with van der Waals surface area (Å²) >= 11 is 0. The molecule has 0 aliphatic rings. The van der Waals surface area contributed by atoms with Crippen molar-refractivity contribution in [3.05, 3.63) is 72.3 Å². The number of carboxylic acid groups (broad SMARTS) is 1. The van der Waals surface area contributed by atoms with Gasteiger partial charge in [0.25, 0.3) is 0 Å². The van der Waals surface area contributed by atoms with Crippen LogP contribution in [0, 0.1) is 0 Å². The van der Waals surface area contributed by atoms with Crippen molar-refractivity contribution in [2.45, 2.75) is 0 Å². The first-order chi connectivity index (χ1) is 12.1. The molecule has 4 rings (SSSR count). The second-order valence-electron chi connectivity index (χ2n) is 6.04. The predicted molar refractivity (Wildman–Crippen MR) is 96.7 cm³/mol. The number of benzene rings is 3. The standard InChI is InChI=1S/C21H15NO3/c1-22-18-5-3-2-4-16(18)20(21(24)25)17-12-14(8-11-19(17)22)13-6-9-15(23)10-7-13/h2-12H,1H3,(H-,23,24,25)/p+1. The number of pyridine rings is 1. The highest BCUT2D eigenvalue weighted by Crippen LogP contribution is 2.29. The maximum Gasteiger partial charge on any atom is 0.337 e. The molecule has 0 aliphatic heterocycles. The van der Waals surface area contributed by atoms with Gasteiger partial charge in [0.1, 0.15) is 12.8 Å². The number of nitrogens with zero attached hydrogens (tertiary/aromatic N) is 1. The summed E-state index contributed by atoms with van der Waals surface area (Å²) in [7, 11) is 1.94. The maximum atomic E-state index is 12.0. The summed E-state index contributed by atoms with van der Waals surface area (Å²) in [6.07, 6.45) is 0. The van der Waals surface area contributed by atoms with Gasteiger partial charge >= 0.3 is 5.97 Å². The van der Waals surface area contributed by atoms with Crippen LogP contribution in [0.5, 0.6) is 5.75 Å². The van der Waals surface area contributed by atoms with Gasteiger partial charge in [0.15, 0.2) is 0 Å². The molecular weight excluding hydrogens is 314 g/mol. The Morgan fingerprint density at radius 3 is 2.20 bits per heavy atom. The average Bonchev–Trinajstić information content (AvgIpc) is 2.62. The smallest absolute Gasteiger partial charge is 0.337 e. The normalized spacial score (nSPS) is 11.1. The van der Waals surface area contributed by atoms with E-state index in [-0.39, 0.29) is 5.75 Å². The van der Waals surface area contributed by atoms with Gasteiger partial charge in [0.2, 0.25) is 11.0 Å². The van der Waals surface area contributed by atoms with Crippen LogP contribution >= 0.6 is 0 Å². The van der Waals surface area contributed by atoms with Gasteiger partial charge in [-0.05, 0) is 41.5 Å². The summed E-state index contributed by atoms with van der Waals surface area (Å²) in [4.78, 5) is 12.0. The van der Waals surface area contributed by atoms with Gasteiger partial charge in [-0.1, -0.05) is 24.3 Å². The zero-order chi connectivity index (χ0) is 17.6. The van der Waals surface area contributed by atoms with Crippen molar-refractivity contribution in [1.82, 2.24) is 0 Å². The molecule has 4 nitrogen and oxygen atoms in total. The average molecular weight is 330 g/mol. The summed E-state index contributed by atoms with van der Waals surface area (Å²) < 4.78 is 2.01. The molecule has 0 atom stereocenters. The highest BCUT2D eigenvalue weighted by atomic mass is 16.4.